The van der Waals surface area contributed by atoms with Crippen LogP contribution in [0.4, 0.5) is 0 Å². The molecule has 4 heterocycles. The van der Waals surface area contributed by atoms with Gasteiger partial charge in [0.2, 0.25) is 0 Å². The van der Waals surface area contributed by atoms with Gasteiger partial charge in [0.15, 0.2) is 0 Å². The monoisotopic (exact) mass is 325 g/mol. The first-order chi connectivity index (χ1) is 11.7. The molecule has 2 aliphatic heterocycles. The fourth-order valence-corrected chi connectivity index (χ4v) is 3.90. The van der Waals surface area contributed by atoms with Crippen molar-refractivity contribution >= 4 is 10.9 Å². The van der Waals surface area contributed by atoms with Crippen LogP contribution in [-0.4, -0.2) is 50.8 Å². The summed E-state index contributed by atoms with van der Waals surface area (Å²) in [4.78, 5) is 4.57. The first kappa shape index (κ1) is 14.2. The van der Waals surface area contributed by atoms with Gasteiger partial charge in [-0.15, -0.1) is 0 Å². The number of benzene rings is 1. The van der Waals surface area contributed by atoms with E-state index in [0.29, 0.717) is 13.2 Å². The standard InChI is InChI=1S/C18H19N3O3/c1-20-6-4-11-2-3-12(8-13(11)20)18-19-5-7-21(18)14-9-23-17-15(22)10-24-16(14)17/h2-8,14-17,22H,9-10H2,1H3/t14-,15-,16-,17-/m1/s1. The largest absolute Gasteiger partial charge is 0.388 e. The van der Waals surface area contributed by atoms with E-state index in [1.807, 2.05) is 19.4 Å². The smallest absolute Gasteiger partial charge is 0.140 e. The van der Waals surface area contributed by atoms with Crippen LogP contribution in [0.5, 0.6) is 0 Å². The highest BCUT2D eigenvalue weighted by Gasteiger charge is 2.48. The fraction of sp³-hybridized carbons (Fsp3) is 0.389. The van der Waals surface area contributed by atoms with Gasteiger partial charge in [-0.3, -0.25) is 0 Å². The van der Waals surface area contributed by atoms with Crippen molar-refractivity contribution in [2.24, 2.45) is 7.05 Å². The molecule has 0 spiro atoms. The van der Waals surface area contributed by atoms with E-state index in [1.54, 1.807) is 0 Å². The number of imidazole rings is 1. The summed E-state index contributed by atoms with van der Waals surface area (Å²) in [7, 11) is 2.04. The lowest BCUT2D eigenvalue weighted by atomic mass is 10.1. The topological polar surface area (TPSA) is 61.4 Å². The Balaban J connectivity index is 1.56. The van der Waals surface area contributed by atoms with Crippen LogP contribution in [0.2, 0.25) is 0 Å². The Bertz CT molecular complexity index is 900. The van der Waals surface area contributed by atoms with Gasteiger partial charge in [0.05, 0.1) is 19.3 Å². The van der Waals surface area contributed by atoms with E-state index in [-0.39, 0.29) is 18.2 Å². The van der Waals surface area contributed by atoms with Crippen molar-refractivity contribution in [1.29, 1.82) is 0 Å². The third kappa shape index (κ3) is 1.97. The van der Waals surface area contributed by atoms with Gasteiger partial charge < -0.3 is 23.7 Å². The molecule has 0 aliphatic carbocycles. The molecular formula is C18H19N3O3. The fourth-order valence-electron chi connectivity index (χ4n) is 3.90. The molecule has 124 valence electrons. The zero-order valence-corrected chi connectivity index (χ0v) is 13.4. The number of aromatic nitrogens is 3. The van der Waals surface area contributed by atoms with Crippen LogP contribution < -0.4 is 0 Å². The van der Waals surface area contributed by atoms with E-state index in [1.165, 1.54) is 10.9 Å². The van der Waals surface area contributed by atoms with Crippen molar-refractivity contribution in [3.05, 3.63) is 42.9 Å². The summed E-state index contributed by atoms with van der Waals surface area (Å²) in [5.41, 5.74) is 2.24. The number of aliphatic hydroxyl groups is 1. The lowest BCUT2D eigenvalue weighted by Gasteiger charge is -2.19. The molecule has 6 heteroatoms. The average Bonchev–Trinajstić information content (AvgIpc) is 3.34. The first-order valence-electron chi connectivity index (χ1n) is 8.22. The van der Waals surface area contributed by atoms with Crippen LogP contribution in [0.3, 0.4) is 0 Å². The van der Waals surface area contributed by atoms with Gasteiger partial charge in [-0.05, 0) is 17.5 Å². The Hall–Kier alpha value is -2.15. The van der Waals surface area contributed by atoms with Gasteiger partial charge in [-0.25, -0.2) is 4.98 Å². The van der Waals surface area contributed by atoms with Crippen LogP contribution in [0.25, 0.3) is 22.3 Å². The number of rotatable bonds is 2. The molecule has 6 nitrogen and oxygen atoms in total. The highest BCUT2D eigenvalue weighted by Crippen LogP contribution is 2.36. The number of nitrogens with zero attached hydrogens (tertiary/aromatic N) is 3. The molecule has 4 atom stereocenters. The van der Waals surface area contributed by atoms with Gasteiger partial charge in [-0.2, -0.15) is 0 Å². The van der Waals surface area contributed by atoms with E-state index >= 15 is 0 Å². The maximum absolute atomic E-state index is 9.95. The number of aryl methyl sites for hydroxylation is 1. The number of fused-ring (bicyclic) bond motifs is 2. The summed E-state index contributed by atoms with van der Waals surface area (Å²) in [6.07, 6.45) is 4.95. The number of ether oxygens (including phenoxy) is 2. The van der Waals surface area contributed by atoms with Crippen molar-refractivity contribution in [1.82, 2.24) is 14.1 Å². The summed E-state index contributed by atoms with van der Waals surface area (Å²) in [6, 6.07) is 8.51. The summed E-state index contributed by atoms with van der Waals surface area (Å²) in [5.74, 6) is 0.900. The molecule has 3 aromatic rings. The maximum Gasteiger partial charge on any atom is 0.140 e. The minimum Gasteiger partial charge on any atom is -0.388 e. The van der Waals surface area contributed by atoms with Crippen LogP contribution in [-0.2, 0) is 16.5 Å². The zero-order chi connectivity index (χ0) is 16.3. The SMILES string of the molecule is Cn1ccc2ccc(-c3nccn3[C@@H]3CO[C@H]4[C@@H]3OC[C@H]4O)cc21. The second-order valence-corrected chi connectivity index (χ2v) is 6.59. The summed E-state index contributed by atoms with van der Waals surface area (Å²) >= 11 is 0. The van der Waals surface area contributed by atoms with Crippen LogP contribution >= 0.6 is 0 Å². The molecule has 5 rings (SSSR count). The molecular weight excluding hydrogens is 306 g/mol. The minimum absolute atomic E-state index is 0.0359. The molecule has 0 amide bonds. The number of aliphatic hydroxyl groups excluding tert-OH is 1. The van der Waals surface area contributed by atoms with Crippen LogP contribution in [0.15, 0.2) is 42.9 Å². The van der Waals surface area contributed by atoms with E-state index in [9.17, 15) is 5.11 Å². The Morgan fingerprint density at radius 1 is 1.12 bits per heavy atom. The normalized spacial score (nSPS) is 29.4. The predicted molar refractivity (Wildman–Crippen MR) is 88.7 cm³/mol. The molecule has 1 N–H and O–H groups in total. The lowest BCUT2D eigenvalue weighted by Crippen LogP contribution is -2.30. The van der Waals surface area contributed by atoms with Gasteiger partial charge >= 0.3 is 0 Å². The number of hydrogen-bond donors (Lipinski definition) is 1. The van der Waals surface area contributed by atoms with E-state index in [4.69, 9.17) is 9.47 Å². The van der Waals surface area contributed by atoms with Gasteiger partial charge in [0.25, 0.3) is 0 Å². The zero-order valence-electron chi connectivity index (χ0n) is 13.4. The third-order valence-electron chi connectivity index (χ3n) is 5.17. The van der Waals surface area contributed by atoms with Gasteiger partial charge in [0, 0.05) is 36.7 Å². The Morgan fingerprint density at radius 2 is 2.00 bits per heavy atom. The van der Waals surface area contributed by atoms with Gasteiger partial charge in [-0.1, -0.05) is 12.1 Å². The molecule has 24 heavy (non-hydrogen) atoms. The second-order valence-electron chi connectivity index (χ2n) is 6.59. The van der Waals surface area contributed by atoms with Gasteiger partial charge in [0.1, 0.15) is 24.1 Å². The van der Waals surface area contributed by atoms with Crippen molar-refractivity contribution in [2.75, 3.05) is 13.2 Å². The highest BCUT2D eigenvalue weighted by molar-refractivity contribution is 5.84. The van der Waals surface area contributed by atoms with Crippen molar-refractivity contribution < 1.29 is 14.6 Å². The molecule has 2 aromatic heterocycles. The van der Waals surface area contributed by atoms with Crippen LogP contribution in [0, 0.1) is 0 Å². The quantitative estimate of drug-likeness (QED) is 0.780. The lowest BCUT2D eigenvalue weighted by molar-refractivity contribution is 0.0172. The molecule has 1 aromatic carbocycles. The molecule has 0 radical (unpaired) electrons. The van der Waals surface area contributed by atoms with Crippen LogP contribution in [0.1, 0.15) is 6.04 Å². The Labute approximate surface area is 139 Å². The third-order valence-corrected chi connectivity index (χ3v) is 5.17. The second kappa shape index (κ2) is 5.17. The summed E-state index contributed by atoms with van der Waals surface area (Å²) in [5, 5.41) is 11.2. The molecule has 2 aliphatic rings. The molecule has 0 unspecified atom stereocenters. The molecule has 0 saturated carbocycles. The van der Waals surface area contributed by atoms with E-state index in [2.05, 4.69) is 44.6 Å². The Morgan fingerprint density at radius 3 is 2.92 bits per heavy atom. The molecule has 0 bridgehead atoms. The highest BCUT2D eigenvalue weighted by atomic mass is 16.6. The number of hydrogen-bond acceptors (Lipinski definition) is 4. The van der Waals surface area contributed by atoms with Crippen molar-refractivity contribution in [3.63, 3.8) is 0 Å². The summed E-state index contributed by atoms with van der Waals surface area (Å²) < 4.78 is 15.8. The van der Waals surface area contributed by atoms with E-state index in [0.717, 1.165) is 11.4 Å². The summed E-state index contributed by atoms with van der Waals surface area (Å²) in [6.45, 7) is 0.868. The van der Waals surface area contributed by atoms with E-state index < -0.39 is 6.10 Å². The van der Waals surface area contributed by atoms with Crippen molar-refractivity contribution in [2.45, 2.75) is 24.4 Å². The van der Waals surface area contributed by atoms with Crippen molar-refractivity contribution in [3.8, 4) is 11.4 Å². The molecule has 2 saturated heterocycles. The first-order valence-corrected chi connectivity index (χ1v) is 8.22. The minimum atomic E-state index is -0.535. The maximum atomic E-state index is 9.95. The molecule has 2 fully saturated rings. The predicted octanol–water partition coefficient (Wildman–Crippen LogP) is 1.74. The average molecular weight is 325 g/mol. The Kier molecular flexibility index (Phi) is 3.06.